The predicted octanol–water partition coefficient (Wildman–Crippen LogP) is 2.45. The fourth-order valence-corrected chi connectivity index (χ4v) is 2.79. The van der Waals surface area contributed by atoms with E-state index in [9.17, 15) is 22.8 Å². The Morgan fingerprint density at radius 1 is 1.07 bits per heavy atom. The smallest absolute Gasteiger partial charge is 0.368 e. The van der Waals surface area contributed by atoms with Crippen molar-refractivity contribution in [3.63, 3.8) is 0 Å². The van der Waals surface area contributed by atoms with Crippen molar-refractivity contribution in [3.8, 4) is 0 Å². The van der Waals surface area contributed by atoms with Crippen LogP contribution in [-0.2, 0) is 11.0 Å². The maximum absolute atomic E-state index is 12.8. The van der Waals surface area contributed by atoms with E-state index in [1.165, 1.54) is 6.07 Å². The molecule has 2 N–H and O–H groups in total. The van der Waals surface area contributed by atoms with Gasteiger partial charge in [-0.25, -0.2) is 4.79 Å². The number of hydrogen-bond donors (Lipinski definition) is 2. The maximum Gasteiger partial charge on any atom is 0.416 e. The zero-order chi connectivity index (χ0) is 19.9. The van der Waals surface area contributed by atoms with Crippen molar-refractivity contribution in [1.29, 1.82) is 0 Å². The zero-order valence-corrected chi connectivity index (χ0v) is 15.3. The van der Waals surface area contributed by atoms with Crippen LogP contribution in [0.4, 0.5) is 23.7 Å². The van der Waals surface area contributed by atoms with Gasteiger partial charge in [0, 0.05) is 51.4 Å². The summed E-state index contributed by atoms with van der Waals surface area (Å²) in [6.07, 6.45) is -3.30. The third kappa shape index (κ3) is 6.33. The Balaban J connectivity index is 1.78. The molecule has 0 spiro atoms. The zero-order valence-electron chi connectivity index (χ0n) is 15.3. The number of rotatable bonds is 6. The average molecular weight is 386 g/mol. The van der Waals surface area contributed by atoms with E-state index in [1.807, 2.05) is 11.8 Å². The summed E-state index contributed by atoms with van der Waals surface area (Å²) in [4.78, 5) is 27.1. The summed E-state index contributed by atoms with van der Waals surface area (Å²) >= 11 is 0. The highest BCUT2D eigenvalue weighted by Gasteiger charge is 2.31. The highest BCUT2D eigenvalue weighted by Crippen LogP contribution is 2.31. The molecule has 27 heavy (non-hydrogen) atoms. The Hall–Kier alpha value is -2.45. The van der Waals surface area contributed by atoms with Gasteiger partial charge in [0.1, 0.15) is 0 Å². The van der Waals surface area contributed by atoms with Gasteiger partial charge >= 0.3 is 12.2 Å². The van der Waals surface area contributed by atoms with Gasteiger partial charge in [0.25, 0.3) is 0 Å². The number of carbonyl (C=O) groups excluding carboxylic acids is 2. The van der Waals surface area contributed by atoms with Crippen molar-refractivity contribution in [3.05, 3.63) is 29.8 Å². The van der Waals surface area contributed by atoms with E-state index >= 15 is 0 Å². The molecular weight excluding hydrogens is 361 g/mol. The summed E-state index contributed by atoms with van der Waals surface area (Å²) in [5.41, 5.74) is -0.181. The first kappa shape index (κ1) is 20.9. The van der Waals surface area contributed by atoms with Crippen molar-refractivity contribution in [2.24, 2.45) is 0 Å². The lowest BCUT2D eigenvalue weighted by molar-refractivity contribution is -0.137. The van der Waals surface area contributed by atoms with Crippen LogP contribution < -0.4 is 15.5 Å². The first-order chi connectivity index (χ1) is 12.8. The number of piperazine rings is 1. The molecule has 0 aliphatic carbocycles. The number of anilines is 1. The lowest BCUT2D eigenvalue weighted by atomic mass is 10.1. The van der Waals surface area contributed by atoms with Gasteiger partial charge < -0.3 is 20.4 Å². The minimum atomic E-state index is -4.37. The molecule has 1 saturated heterocycles. The lowest BCUT2D eigenvalue weighted by Crippen LogP contribution is -2.52. The van der Waals surface area contributed by atoms with Crippen LogP contribution in [0.25, 0.3) is 0 Å². The number of nitrogens with one attached hydrogen (secondary N) is 2. The summed E-state index contributed by atoms with van der Waals surface area (Å²) in [5.74, 6) is -0.105. The van der Waals surface area contributed by atoms with E-state index in [1.54, 1.807) is 11.0 Å². The number of carbonyl (C=O) groups is 2. The standard InChI is InChI=1S/C18H25F3N4O2/c1-2-7-22-16(26)6-8-23-17(27)25-11-9-24(10-12-25)15-5-3-4-14(13-15)18(19,20)21/h3-5,13H,2,6-12H2,1H3,(H,22,26)(H,23,27). The number of benzene rings is 1. The predicted molar refractivity (Wildman–Crippen MR) is 96.5 cm³/mol. The molecule has 0 aromatic heterocycles. The molecule has 2 rings (SSSR count). The Labute approximate surface area is 156 Å². The van der Waals surface area contributed by atoms with E-state index in [0.29, 0.717) is 38.4 Å². The quantitative estimate of drug-likeness (QED) is 0.789. The van der Waals surface area contributed by atoms with Gasteiger partial charge in [-0.2, -0.15) is 13.2 Å². The van der Waals surface area contributed by atoms with E-state index in [4.69, 9.17) is 0 Å². The number of urea groups is 1. The van der Waals surface area contributed by atoms with Gasteiger partial charge in [0.15, 0.2) is 0 Å². The third-order valence-electron chi connectivity index (χ3n) is 4.31. The van der Waals surface area contributed by atoms with Gasteiger partial charge in [-0.3, -0.25) is 4.79 Å². The van der Waals surface area contributed by atoms with Gasteiger partial charge in [-0.15, -0.1) is 0 Å². The molecule has 150 valence electrons. The number of hydrogen-bond acceptors (Lipinski definition) is 3. The van der Waals surface area contributed by atoms with Gasteiger partial charge in [0.05, 0.1) is 5.56 Å². The third-order valence-corrected chi connectivity index (χ3v) is 4.31. The molecule has 1 aliphatic heterocycles. The highest BCUT2D eigenvalue weighted by atomic mass is 19.4. The first-order valence-corrected chi connectivity index (χ1v) is 9.03. The summed E-state index contributed by atoms with van der Waals surface area (Å²) in [7, 11) is 0. The summed E-state index contributed by atoms with van der Waals surface area (Å²) < 4.78 is 38.5. The fourth-order valence-electron chi connectivity index (χ4n) is 2.79. The Bertz CT molecular complexity index is 644. The van der Waals surface area contributed by atoms with Crippen molar-refractivity contribution in [1.82, 2.24) is 15.5 Å². The maximum atomic E-state index is 12.8. The van der Waals surface area contributed by atoms with Crippen LogP contribution in [-0.4, -0.2) is 56.1 Å². The number of amides is 3. The summed E-state index contributed by atoms with van der Waals surface area (Å²) in [5, 5.41) is 5.44. The van der Waals surface area contributed by atoms with Gasteiger partial charge in [0.2, 0.25) is 5.91 Å². The molecule has 1 heterocycles. The van der Waals surface area contributed by atoms with E-state index < -0.39 is 11.7 Å². The monoisotopic (exact) mass is 386 g/mol. The van der Waals surface area contributed by atoms with E-state index in [0.717, 1.165) is 18.6 Å². The van der Waals surface area contributed by atoms with Crippen LogP contribution in [0, 0.1) is 0 Å². The molecule has 0 radical (unpaired) electrons. The topological polar surface area (TPSA) is 64.7 Å². The molecule has 0 unspecified atom stereocenters. The number of halogens is 3. The van der Waals surface area contributed by atoms with E-state index in [-0.39, 0.29) is 24.9 Å². The van der Waals surface area contributed by atoms with Crippen LogP contribution >= 0.6 is 0 Å². The normalized spacial score (nSPS) is 14.8. The van der Waals surface area contributed by atoms with Crippen LogP contribution in [0.15, 0.2) is 24.3 Å². The molecule has 1 aromatic rings. The molecule has 3 amide bonds. The Morgan fingerprint density at radius 3 is 2.41 bits per heavy atom. The molecule has 1 aromatic carbocycles. The van der Waals surface area contributed by atoms with Crippen LogP contribution in [0.1, 0.15) is 25.3 Å². The van der Waals surface area contributed by atoms with Crippen molar-refractivity contribution in [2.75, 3.05) is 44.2 Å². The number of nitrogens with zero attached hydrogens (tertiary/aromatic N) is 2. The second-order valence-corrected chi connectivity index (χ2v) is 6.35. The van der Waals surface area contributed by atoms with Gasteiger partial charge in [-0.05, 0) is 24.6 Å². The van der Waals surface area contributed by atoms with Crippen LogP contribution in [0.5, 0.6) is 0 Å². The molecule has 0 saturated carbocycles. The number of alkyl halides is 3. The highest BCUT2D eigenvalue weighted by molar-refractivity contribution is 5.78. The molecule has 6 nitrogen and oxygen atoms in total. The molecular formula is C18H25F3N4O2. The first-order valence-electron chi connectivity index (χ1n) is 9.03. The van der Waals surface area contributed by atoms with Crippen molar-refractivity contribution >= 4 is 17.6 Å². The molecule has 1 aliphatic rings. The van der Waals surface area contributed by atoms with Crippen molar-refractivity contribution < 1.29 is 22.8 Å². The van der Waals surface area contributed by atoms with E-state index in [2.05, 4.69) is 10.6 Å². The minimum absolute atomic E-state index is 0.105. The average Bonchev–Trinajstić information content (AvgIpc) is 2.66. The molecule has 1 fully saturated rings. The second-order valence-electron chi connectivity index (χ2n) is 6.35. The Kier molecular flexibility index (Phi) is 7.32. The second kappa shape index (κ2) is 9.48. The van der Waals surface area contributed by atoms with Crippen molar-refractivity contribution in [2.45, 2.75) is 25.9 Å². The SMILES string of the molecule is CCCNC(=O)CCNC(=O)N1CCN(c2cccc(C(F)(F)F)c2)CC1. The summed E-state index contributed by atoms with van der Waals surface area (Å²) in [6.45, 7) is 4.54. The lowest BCUT2D eigenvalue weighted by Gasteiger charge is -2.36. The van der Waals surface area contributed by atoms with Crippen LogP contribution in [0.3, 0.4) is 0 Å². The molecule has 0 atom stereocenters. The largest absolute Gasteiger partial charge is 0.416 e. The minimum Gasteiger partial charge on any atom is -0.368 e. The molecule has 0 bridgehead atoms. The fraction of sp³-hybridized carbons (Fsp3) is 0.556. The van der Waals surface area contributed by atoms with Gasteiger partial charge in [-0.1, -0.05) is 13.0 Å². The Morgan fingerprint density at radius 2 is 1.78 bits per heavy atom. The summed E-state index contributed by atoms with van der Waals surface area (Å²) in [6, 6.07) is 4.94. The molecule has 9 heteroatoms. The van der Waals surface area contributed by atoms with Crippen LogP contribution in [0.2, 0.25) is 0 Å².